The molecule has 1 aromatic carbocycles. The van der Waals surface area contributed by atoms with E-state index < -0.39 is 18.2 Å². The SMILES string of the molecule is O=C(Nc1cc(Cl)ccc1Cl)N1CC(O)C(O)C1. The number of carbonyl (C=O) groups excluding carboxylic acids is 1. The summed E-state index contributed by atoms with van der Waals surface area (Å²) in [5.41, 5.74) is 0.394. The Morgan fingerprint density at radius 3 is 2.50 bits per heavy atom. The monoisotopic (exact) mass is 290 g/mol. The van der Waals surface area contributed by atoms with Gasteiger partial charge in [0.25, 0.3) is 0 Å². The summed E-state index contributed by atoms with van der Waals surface area (Å²) < 4.78 is 0. The summed E-state index contributed by atoms with van der Waals surface area (Å²) >= 11 is 11.7. The Labute approximate surface area is 114 Å². The van der Waals surface area contributed by atoms with Gasteiger partial charge in [0.15, 0.2) is 0 Å². The summed E-state index contributed by atoms with van der Waals surface area (Å²) in [7, 11) is 0. The number of amides is 2. The van der Waals surface area contributed by atoms with Gasteiger partial charge in [-0.15, -0.1) is 0 Å². The van der Waals surface area contributed by atoms with Gasteiger partial charge in [-0.3, -0.25) is 0 Å². The highest BCUT2D eigenvalue weighted by molar-refractivity contribution is 6.35. The minimum Gasteiger partial charge on any atom is -0.388 e. The van der Waals surface area contributed by atoms with Crippen LogP contribution >= 0.6 is 23.2 Å². The van der Waals surface area contributed by atoms with Gasteiger partial charge in [0.2, 0.25) is 0 Å². The molecule has 0 aliphatic carbocycles. The third-order valence-corrected chi connectivity index (χ3v) is 3.28. The molecule has 0 saturated carbocycles. The van der Waals surface area contributed by atoms with Crippen LogP contribution in [-0.4, -0.2) is 46.4 Å². The number of anilines is 1. The topological polar surface area (TPSA) is 72.8 Å². The highest BCUT2D eigenvalue weighted by Crippen LogP contribution is 2.26. The first-order valence-corrected chi connectivity index (χ1v) is 6.10. The molecule has 2 amide bonds. The lowest BCUT2D eigenvalue weighted by molar-refractivity contribution is 0.0572. The maximum atomic E-state index is 11.9. The number of β-amino-alcohol motifs (C(OH)–C–C–N with tert-alkyl or cyclic N) is 2. The molecule has 1 heterocycles. The quantitative estimate of drug-likeness (QED) is 0.735. The molecule has 2 unspecified atom stereocenters. The van der Waals surface area contributed by atoms with Gasteiger partial charge in [-0.05, 0) is 18.2 Å². The van der Waals surface area contributed by atoms with Crippen LogP contribution in [0.15, 0.2) is 18.2 Å². The van der Waals surface area contributed by atoms with Crippen LogP contribution in [0, 0.1) is 0 Å². The summed E-state index contributed by atoms with van der Waals surface area (Å²) in [5, 5.41) is 22.1. The molecule has 3 N–H and O–H groups in total. The van der Waals surface area contributed by atoms with Crippen molar-refractivity contribution in [3.63, 3.8) is 0 Å². The Morgan fingerprint density at radius 2 is 1.89 bits per heavy atom. The summed E-state index contributed by atoms with van der Waals surface area (Å²) in [6.45, 7) is 0.177. The van der Waals surface area contributed by atoms with Crippen LogP contribution in [0.3, 0.4) is 0 Å². The number of benzene rings is 1. The van der Waals surface area contributed by atoms with Crippen molar-refractivity contribution in [2.24, 2.45) is 0 Å². The molecule has 1 fully saturated rings. The molecule has 5 nitrogen and oxygen atoms in total. The number of rotatable bonds is 1. The van der Waals surface area contributed by atoms with Gasteiger partial charge in [0.05, 0.1) is 36.0 Å². The van der Waals surface area contributed by atoms with Crippen molar-refractivity contribution in [3.05, 3.63) is 28.2 Å². The smallest absolute Gasteiger partial charge is 0.322 e. The van der Waals surface area contributed by atoms with E-state index in [1.54, 1.807) is 12.1 Å². The number of aliphatic hydroxyl groups is 2. The van der Waals surface area contributed by atoms with E-state index >= 15 is 0 Å². The second-order valence-electron chi connectivity index (χ2n) is 4.09. The third-order valence-electron chi connectivity index (χ3n) is 2.72. The number of nitrogens with zero attached hydrogens (tertiary/aromatic N) is 1. The van der Waals surface area contributed by atoms with E-state index in [1.807, 2.05) is 0 Å². The summed E-state index contributed by atoms with van der Waals surface area (Å²) in [6.07, 6.45) is -1.82. The lowest BCUT2D eigenvalue weighted by Gasteiger charge is -2.17. The number of urea groups is 1. The largest absolute Gasteiger partial charge is 0.388 e. The van der Waals surface area contributed by atoms with E-state index in [0.29, 0.717) is 15.7 Å². The van der Waals surface area contributed by atoms with Crippen molar-refractivity contribution in [3.8, 4) is 0 Å². The highest BCUT2D eigenvalue weighted by Gasteiger charge is 2.32. The second-order valence-corrected chi connectivity index (χ2v) is 4.94. The van der Waals surface area contributed by atoms with Crippen LogP contribution in [0.5, 0.6) is 0 Å². The number of aliphatic hydroxyl groups excluding tert-OH is 2. The minimum absolute atomic E-state index is 0.0885. The number of hydrogen-bond donors (Lipinski definition) is 3. The van der Waals surface area contributed by atoms with Crippen LogP contribution in [0.1, 0.15) is 0 Å². The molecular formula is C11H12Cl2N2O3. The maximum absolute atomic E-state index is 11.9. The number of nitrogens with one attached hydrogen (secondary N) is 1. The van der Waals surface area contributed by atoms with E-state index in [1.165, 1.54) is 11.0 Å². The van der Waals surface area contributed by atoms with Gasteiger partial charge in [0, 0.05) is 5.02 Å². The van der Waals surface area contributed by atoms with E-state index in [-0.39, 0.29) is 13.1 Å². The van der Waals surface area contributed by atoms with Crippen LogP contribution in [0.2, 0.25) is 10.0 Å². The van der Waals surface area contributed by atoms with Gasteiger partial charge in [0.1, 0.15) is 0 Å². The fourth-order valence-electron chi connectivity index (χ4n) is 1.72. The molecule has 18 heavy (non-hydrogen) atoms. The molecule has 0 bridgehead atoms. The van der Waals surface area contributed by atoms with Crippen molar-refractivity contribution >= 4 is 34.9 Å². The van der Waals surface area contributed by atoms with Crippen molar-refractivity contribution in [2.75, 3.05) is 18.4 Å². The van der Waals surface area contributed by atoms with Gasteiger partial charge < -0.3 is 20.4 Å². The number of hydrogen-bond acceptors (Lipinski definition) is 3. The summed E-state index contributed by atoms with van der Waals surface area (Å²) in [5.74, 6) is 0. The molecule has 0 aromatic heterocycles. The molecule has 7 heteroatoms. The van der Waals surface area contributed by atoms with Crippen molar-refractivity contribution < 1.29 is 15.0 Å². The molecule has 0 spiro atoms. The zero-order valence-corrected chi connectivity index (χ0v) is 10.8. The molecule has 98 valence electrons. The Balaban J connectivity index is 2.05. The van der Waals surface area contributed by atoms with Crippen molar-refractivity contribution in [2.45, 2.75) is 12.2 Å². The van der Waals surface area contributed by atoms with Gasteiger partial charge in [-0.1, -0.05) is 23.2 Å². The molecule has 2 atom stereocenters. The molecule has 1 aliphatic rings. The van der Waals surface area contributed by atoms with Crippen LogP contribution < -0.4 is 5.32 Å². The zero-order valence-electron chi connectivity index (χ0n) is 9.31. The highest BCUT2D eigenvalue weighted by atomic mass is 35.5. The predicted octanol–water partition coefficient (Wildman–Crippen LogP) is 1.56. The minimum atomic E-state index is -0.911. The fraction of sp³-hybridized carbons (Fsp3) is 0.364. The standard InChI is InChI=1S/C11H12Cl2N2O3/c12-6-1-2-7(13)8(3-6)14-11(18)15-4-9(16)10(17)5-15/h1-3,9-10,16-17H,4-5H2,(H,14,18). The Morgan fingerprint density at radius 1 is 1.28 bits per heavy atom. The lowest BCUT2D eigenvalue weighted by atomic mass is 10.3. The number of likely N-dealkylation sites (tertiary alicyclic amines) is 1. The van der Waals surface area contributed by atoms with E-state index in [2.05, 4.69) is 5.32 Å². The van der Waals surface area contributed by atoms with Gasteiger partial charge in [-0.2, -0.15) is 0 Å². The van der Waals surface area contributed by atoms with Crippen molar-refractivity contribution in [1.82, 2.24) is 4.90 Å². The Hall–Kier alpha value is -1.01. The Bertz CT molecular complexity index is 460. The van der Waals surface area contributed by atoms with Crippen LogP contribution in [0.25, 0.3) is 0 Å². The van der Waals surface area contributed by atoms with E-state index in [0.717, 1.165) is 0 Å². The molecule has 1 aromatic rings. The van der Waals surface area contributed by atoms with Gasteiger partial charge in [-0.25, -0.2) is 4.79 Å². The summed E-state index contributed by atoms with van der Waals surface area (Å²) in [4.78, 5) is 13.2. The lowest BCUT2D eigenvalue weighted by Crippen LogP contribution is -2.34. The molecule has 1 aliphatic heterocycles. The van der Waals surface area contributed by atoms with Crippen LogP contribution in [-0.2, 0) is 0 Å². The number of halogens is 2. The first-order valence-electron chi connectivity index (χ1n) is 5.34. The molecular weight excluding hydrogens is 279 g/mol. The first kappa shape index (κ1) is 13.4. The van der Waals surface area contributed by atoms with E-state index in [4.69, 9.17) is 23.2 Å². The average molecular weight is 291 g/mol. The molecule has 1 saturated heterocycles. The fourth-order valence-corrected chi connectivity index (χ4v) is 2.06. The van der Waals surface area contributed by atoms with Crippen molar-refractivity contribution in [1.29, 1.82) is 0 Å². The molecule has 0 radical (unpaired) electrons. The average Bonchev–Trinajstić information content (AvgIpc) is 2.64. The molecule has 2 rings (SSSR count). The number of carbonyl (C=O) groups is 1. The maximum Gasteiger partial charge on any atom is 0.322 e. The van der Waals surface area contributed by atoms with E-state index in [9.17, 15) is 15.0 Å². The second kappa shape index (κ2) is 5.32. The Kier molecular flexibility index (Phi) is 3.97. The van der Waals surface area contributed by atoms with Gasteiger partial charge >= 0.3 is 6.03 Å². The van der Waals surface area contributed by atoms with Crippen LogP contribution in [0.4, 0.5) is 10.5 Å². The third kappa shape index (κ3) is 2.87. The summed E-state index contributed by atoms with van der Waals surface area (Å²) in [6, 6.07) is 4.29. The normalized spacial score (nSPS) is 23.2. The predicted molar refractivity (Wildman–Crippen MR) is 69.1 cm³/mol. The first-order chi connectivity index (χ1) is 8.47. The zero-order chi connectivity index (χ0) is 13.3.